The highest BCUT2D eigenvalue weighted by Gasteiger charge is 2.29. The fourth-order valence-electron chi connectivity index (χ4n) is 2.81. The number of nitrogen functional groups attached to an aromatic ring is 1. The standard InChI is InChI=1S/C16H24N4O5S/c1-4-18-16(23)20-7-5-19(6-8-20)9-10-11(14(21)24-2)13(17)26-12(10)15(22)25-3/h4-9,17H2,1-3H3,(H,18,23). The SMILES string of the molecule is CCNC(=O)N1CCN(Cc2c(C(=O)OC)sc(N)c2C(=O)OC)CC1. The van der Waals surface area contributed by atoms with E-state index in [1.165, 1.54) is 14.2 Å². The number of carbonyl (C=O) groups excluding carboxylic acids is 3. The van der Waals surface area contributed by atoms with E-state index in [0.29, 0.717) is 49.7 Å². The predicted molar refractivity (Wildman–Crippen MR) is 97.3 cm³/mol. The molecule has 1 fully saturated rings. The van der Waals surface area contributed by atoms with Crippen LogP contribution in [-0.4, -0.2) is 74.7 Å². The summed E-state index contributed by atoms with van der Waals surface area (Å²) in [6, 6.07) is -0.0857. The lowest BCUT2D eigenvalue weighted by atomic mass is 10.1. The normalized spacial score (nSPS) is 14.8. The number of esters is 2. The van der Waals surface area contributed by atoms with Crippen molar-refractivity contribution >= 4 is 34.3 Å². The Morgan fingerprint density at radius 1 is 1.12 bits per heavy atom. The molecule has 0 bridgehead atoms. The van der Waals surface area contributed by atoms with Gasteiger partial charge in [-0.15, -0.1) is 11.3 Å². The second kappa shape index (κ2) is 8.86. The van der Waals surface area contributed by atoms with Crippen LogP contribution in [0.4, 0.5) is 9.80 Å². The summed E-state index contributed by atoms with van der Waals surface area (Å²) in [5.41, 5.74) is 6.67. The zero-order valence-electron chi connectivity index (χ0n) is 15.2. The van der Waals surface area contributed by atoms with Crippen molar-refractivity contribution in [3.8, 4) is 0 Å². The minimum Gasteiger partial charge on any atom is -0.465 e. The Morgan fingerprint density at radius 2 is 1.73 bits per heavy atom. The Labute approximate surface area is 156 Å². The van der Waals surface area contributed by atoms with Crippen LogP contribution < -0.4 is 11.1 Å². The molecule has 2 amide bonds. The first-order chi connectivity index (χ1) is 12.4. The summed E-state index contributed by atoms with van der Waals surface area (Å²) in [4.78, 5) is 40.2. The van der Waals surface area contributed by atoms with E-state index in [2.05, 4.69) is 10.2 Å². The Morgan fingerprint density at radius 3 is 2.27 bits per heavy atom. The molecule has 0 saturated carbocycles. The second-order valence-corrected chi connectivity index (χ2v) is 6.78. The quantitative estimate of drug-likeness (QED) is 0.720. The van der Waals surface area contributed by atoms with Gasteiger partial charge in [-0.3, -0.25) is 4.90 Å². The van der Waals surface area contributed by atoms with E-state index in [1.54, 1.807) is 4.90 Å². The number of nitrogens with zero attached hydrogens (tertiary/aromatic N) is 2. The van der Waals surface area contributed by atoms with Gasteiger partial charge < -0.3 is 25.4 Å². The summed E-state index contributed by atoms with van der Waals surface area (Å²) in [5, 5.41) is 3.01. The van der Waals surface area contributed by atoms with Crippen molar-refractivity contribution < 1.29 is 23.9 Å². The smallest absolute Gasteiger partial charge is 0.348 e. The number of methoxy groups -OCH3 is 2. The highest BCUT2D eigenvalue weighted by atomic mass is 32.1. The number of rotatable bonds is 5. The molecule has 2 heterocycles. The average Bonchev–Trinajstić information content (AvgIpc) is 2.97. The van der Waals surface area contributed by atoms with Gasteiger partial charge in [0.2, 0.25) is 0 Å². The number of hydrogen-bond acceptors (Lipinski definition) is 8. The number of ether oxygens (including phenoxy) is 2. The van der Waals surface area contributed by atoms with Crippen molar-refractivity contribution in [3.63, 3.8) is 0 Å². The van der Waals surface area contributed by atoms with Gasteiger partial charge in [0.25, 0.3) is 0 Å². The lowest BCUT2D eigenvalue weighted by molar-refractivity contribution is 0.0598. The molecule has 1 aliphatic rings. The summed E-state index contributed by atoms with van der Waals surface area (Å²) >= 11 is 1.02. The number of hydrogen-bond donors (Lipinski definition) is 2. The van der Waals surface area contributed by atoms with Gasteiger partial charge in [0.1, 0.15) is 9.88 Å². The minimum absolute atomic E-state index is 0.0857. The molecule has 1 aromatic rings. The molecule has 1 saturated heterocycles. The highest BCUT2D eigenvalue weighted by Crippen LogP contribution is 2.33. The Hall–Kier alpha value is -2.33. The largest absolute Gasteiger partial charge is 0.465 e. The van der Waals surface area contributed by atoms with Crippen LogP contribution in [0.5, 0.6) is 0 Å². The molecule has 1 aliphatic heterocycles. The molecular weight excluding hydrogens is 360 g/mol. The number of nitrogens with one attached hydrogen (secondary N) is 1. The first-order valence-corrected chi connectivity index (χ1v) is 9.07. The zero-order valence-corrected chi connectivity index (χ0v) is 16.0. The Balaban J connectivity index is 2.17. The maximum atomic E-state index is 12.1. The summed E-state index contributed by atoms with van der Waals surface area (Å²) in [5.74, 6) is -1.11. The van der Waals surface area contributed by atoms with Gasteiger partial charge in [-0.1, -0.05) is 0 Å². The molecule has 144 valence electrons. The molecule has 0 unspecified atom stereocenters. The third-order valence-electron chi connectivity index (χ3n) is 4.16. The van der Waals surface area contributed by atoms with Crippen LogP contribution in [-0.2, 0) is 16.0 Å². The number of urea groups is 1. The van der Waals surface area contributed by atoms with Crippen molar-refractivity contribution in [1.82, 2.24) is 15.1 Å². The maximum absolute atomic E-state index is 12.1. The molecule has 2 rings (SSSR count). The van der Waals surface area contributed by atoms with Crippen LogP contribution in [0.2, 0.25) is 0 Å². The van der Waals surface area contributed by atoms with E-state index in [9.17, 15) is 14.4 Å². The number of anilines is 1. The third kappa shape index (κ3) is 4.25. The number of thiophene rings is 1. The zero-order chi connectivity index (χ0) is 19.3. The van der Waals surface area contributed by atoms with Gasteiger partial charge >= 0.3 is 18.0 Å². The molecule has 3 N–H and O–H groups in total. The molecule has 1 aromatic heterocycles. The van der Waals surface area contributed by atoms with Crippen molar-refractivity contribution in [2.45, 2.75) is 13.5 Å². The summed E-state index contributed by atoms with van der Waals surface area (Å²) in [6.07, 6.45) is 0. The number of carbonyl (C=O) groups is 3. The fourth-order valence-corrected chi connectivity index (χ4v) is 3.80. The number of amides is 2. The van der Waals surface area contributed by atoms with Crippen molar-refractivity contribution in [3.05, 3.63) is 16.0 Å². The predicted octanol–water partition coefficient (Wildman–Crippen LogP) is 0.751. The molecule has 26 heavy (non-hydrogen) atoms. The molecule has 0 spiro atoms. The third-order valence-corrected chi connectivity index (χ3v) is 5.21. The van der Waals surface area contributed by atoms with Crippen LogP contribution in [0.3, 0.4) is 0 Å². The molecule has 0 aliphatic carbocycles. The summed E-state index contributed by atoms with van der Waals surface area (Å²) < 4.78 is 9.61. The Kier molecular flexibility index (Phi) is 6.81. The summed E-state index contributed by atoms with van der Waals surface area (Å²) in [6.45, 7) is 5.17. The fraction of sp³-hybridized carbons (Fsp3) is 0.562. The topological polar surface area (TPSA) is 114 Å². The number of piperazine rings is 1. The van der Waals surface area contributed by atoms with Gasteiger partial charge in [-0.2, -0.15) is 0 Å². The lowest BCUT2D eigenvalue weighted by Gasteiger charge is -2.34. The molecular formula is C16H24N4O5S. The van der Waals surface area contributed by atoms with Crippen LogP contribution in [0.15, 0.2) is 0 Å². The van der Waals surface area contributed by atoms with Crippen LogP contribution >= 0.6 is 11.3 Å². The van der Waals surface area contributed by atoms with Crippen molar-refractivity contribution in [2.24, 2.45) is 0 Å². The van der Waals surface area contributed by atoms with Crippen LogP contribution in [0.25, 0.3) is 0 Å². The van der Waals surface area contributed by atoms with Gasteiger partial charge in [0, 0.05) is 44.8 Å². The van der Waals surface area contributed by atoms with E-state index < -0.39 is 11.9 Å². The monoisotopic (exact) mass is 384 g/mol. The Bertz CT molecular complexity index is 682. The summed E-state index contributed by atoms with van der Waals surface area (Å²) in [7, 11) is 2.55. The number of nitrogens with two attached hydrogens (primary N) is 1. The molecule has 0 radical (unpaired) electrons. The lowest BCUT2D eigenvalue weighted by Crippen LogP contribution is -2.51. The van der Waals surface area contributed by atoms with Gasteiger partial charge in [0.05, 0.1) is 19.8 Å². The highest BCUT2D eigenvalue weighted by molar-refractivity contribution is 7.18. The van der Waals surface area contributed by atoms with E-state index in [1.807, 2.05) is 6.92 Å². The van der Waals surface area contributed by atoms with Gasteiger partial charge in [-0.25, -0.2) is 14.4 Å². The van der Waals surface area contributed by atoms with E-state index in [-0.39, 0.29) is 16.6 Å². The average molecular weight is 384 g/mol. The molecule has 0 atom stereocenters. The van der Waals surface area contributed by atoms with Crippen molar-refractivity contribution in [1.29, 1.82) is 0 Å². The van der Waals surface area contributed by atoms with E-state index in [0.717, 1.165) is 11.3 Å². The van der Waals surface area contributed by atoms with Crippen molar-refractivity contribution in [2.75, 3.05) is 52.7 Å². The van der Waals surface area contributed by atoms with Gasteiger partial charge in [0.15, 0.2) is 0 Å². The molecule has 10 heteroatoms. The molecule has 9 nitrogen and oxygen atoms in total. The van der Waals surface area contributed by atoms with E-state index >= 15 is 0 Å². The van der Waals surface area contributed by atoms with Crippen LogP contribution in [0, 0.1) is 0 Å². The van der Waals surface area contributed by atoms with Gasteiger partial charge in [-0.05, 0) is 6.92 Å². The first-order valence-electron chi connectivity index (χ1n) is 8.25. The molecule has 0 aromatic carbocycles. The first kappa shape index (κ1) is 20.0. The minimum atomic E-state index is -0.579. The second-order valence-electron chi connectivity index (χ2n) is 5.73. The van der Waals surface area contributed by atoms with E-state index in [4.69, 9.17) is 15.2 Å². The maximum Gasteiger partial charge on any atom is 0.348 e. The van der Waals surface area contributed by atoms with Crippen LogP contribution in [0.1, 0.15) is 32.5 Å².